The summed E-state index contributed by atoms with van der Waals surface area (Å²) in [5, 5.41) is 0. The Labute approximate surface area is 160 Å². The lowest BCUT2D eigenvalue weighted by molar-refractivity contribution is -0.124. The number of carbonyl (C=O) groups is 1. The molecule has 2 aliphatic heterocycles. The molecule has 2 aromatic carbocycles. The minimum absolute atomic E-state index is 0.106. The first-order valence-corrected chi connectivity index (χ1v) is 11.0. The van der Waals surface area contributed by atoms with Crippen LogP contribution in [-0.4, -0.2) is 51.7 Å². The smallest absolute Gasteiger partial charge is 0.237 e. The third-order valence-corrected chi connectivity index (χ3v) is 7.69. The van der Waals surface area contributed by atoms with Gasteiger partial charge in [-0.3, -0.25) is 4.79 Å². The Hall–Kier alpha value is -2.18. The normalized spacial score (nSPS) is 19.4. The quantitative estimate of drug-likeness (QED) is 0.813. The summed E-state index contributed by atoms with van der Waals surface area (Å²) in [6.45, 7) is 1.97. The lowest BCUT2D eigenvalue weighted by Gasteiger charge is -2.38. The summed E-state index contributed by atoms with van der Waals surface area (Å²) in [7, 11) is -1.43. The molecule has 142 valence electrons. The molecule has 5 nitrogen and oxygen atoms in total. The first-order chi connectivity index (χ1) is 12.9. The maximum absolute atomic E-state index is 13.0. The maximum Gasteiger partial charge on any atom is 0.237 e. The Kier molecular flexibility index (Phi) is 4.56. The molecule has 2 heterocycles. The van der Waals surface area contributed by atoms with E-state index in [2.05, 4.69) is 11.0 Å². The number of likely N-dealkylation sites (N-methyl/N-ethyl adjacent to an activating group) is 1. The van der Waals surface area contributed by atoms with Crippen LogP contribution in [-0.2, 0) is 20.0 Å². The lowest BCUT2D eigenvalue weighted by atomic mass is 9.73. The van der Waals surface area contributed by atoms with Crippen LogP contribution in [0.1, 0.15) is 18.4 Å². The average Bonchev–Trinajstić information content (AvgIpc) is 2.91. The van der Waals surface area contributed by atoms with Crippen molar-refractivity contribution in [3.8, 4) is 0 Å². The van der Waals surface area contributed by atoms with E-state index in [1.165, 1.54) is 0 Å². The summed E-state index contributed by atoms with van der Waals surface area (Å²) in [4.78, 5) is 17.3. The zero-order chi connectivity index (χ0) is 19.1. The van der Waals surface area contributed by atoms with Gasteiger partial charge in [-0.2, -0.15) is 0 Å². The van der Waals surface area contributed by atoms with E-state index in [1.807, 2.05) is 31.3 Å². The minimum atomic E-state index is -3.27. The van der Waals surface area contributed by atoms with Gasteiger partial charge < -0.3 is 9.80 Å². The summed E-state index contributed by atoms with van der Waals surface area (Å²) in [6.07, 6.45) is 1.47. The molecule has 1 amide bonds. The van der Waals surface area contributed by atoms with Gasteiger partial charge in [-0.1, -0.05) is 36.4 Å². The van der Waals surface area contributed by atoms with Crippen LogP contribution in [0.2, 0.25) is 0 Å². The van der Waals surface area contributed by atoms with Crippen molar-refractivity contribution in [3.63, 3.8) is 0 Å². The molecule has 1 fully saturated rings. The Bertz CT molecular complexity index is 948. The molecule has 4 rings (SSSR count). The first-order valence-electron chi connectivity index (χ1n) is 9.32. The average molecular weight is 385 g/mol. The van der Waals surface area contributed by atoms with Gasteiger partial charge in [0.15, 0.2) is 9.84 Å². The highest BCUT2D eigenvalue weighted by Gasteiger charge is 2.50. The van der Waals surface area contributed by atoms with E-state index in [-0.39, 0.29) is 11.7 Å². The highest BCUT2D eigenvalue weighted by Crippen LogP contribution is 2.47. The highest BCUT2D eigenvalue weighted by atomic mass is 32.2. The number of para-hydroxylation sites is 1. The number of nitrogens with zero attached hydrogens (tertiary/aromatic N) is 2. The van der Waals surface area contributed by atoms with Crippen LogP contribution in [0.5, 0.6) is 0 Å². The van der Waals surface area contributed by atoms with Crippen LogP contribution in [0.3, 0.4) is 0 Å². The van der Waals surface area contributed by atoms with E-state index in [0.717, 1.165) is 37.2 Å². The monoisotopic (exact) mass is 384 g/mol. The van der Waals surface area contributed by atoms with Crippen LogP contribution in [0.15, 0.2) is 59.5 Å². The molecule has 0 unspecified atom stereocenters. The van der Waals surface area contributed by atoms with E-state index in [1.54, 1.807) is 29.2 Å². The van der Waals surface area contributed by atoms with E-state index in [0.29, 0.717) is 11.4 Å². The van der Waals surface area contributed by atoms with Crippen LogP contribution in [0, 0.1) is 0 Å². The largest absolute Gasteiger partial charge is 0.314 e. The number of fused-ring (bicyclic) bond motifs is 2. The Morgan fingerprint density at radius 1 is 0.963 bits per heavy atom. The number of rotatable bonds is 4. The molecular formula is C21H24N2O3S. The number of hydrogen-bond donors (Lipinski definition) is 0. The van der Waals surface area contributed by atoms with Gasteiger partial charge >= 0.3 is 0 Å². The second-order valence-corrected chi connectivity index (χ2v) is 9.55. The predicted molar refractivity (Wildman–Crippen MR) is 106 cm³/mol. The fourth-order valence-electron chi connectivity index (χ4n) is 4.35. The molecule has 0 aliphatic carbocycles. The molecule has 2 aliphatic rings. The Morgan fingerprint density at radius 2 is 1.59 bits per heavy atom. The maximum atomic E-state index is 13.0. The molecule has 0 aromatic heterocycles. The number of carbonyl (C=O) groups excluding carboxylic acids is 1. The van der Waals surface area contributed by atoms with Crippen LogP contribution in [0.4, 0.5) is 5.69 Å². The van der Waals surface area contributed by atoms with Crippen molar-refractivity contribution < 1.29 is 13.2 Å². The van der Waals surface area contributed by atoms with Crippen molar-refractivity contribution in [2.75, 3.05) is 37.3 Å². The number of piperidine rings is 1. The third-order valence-electron chi connectivity index (χ3n) is 5.98. The van der Waals surface area contributed by atoms with Gasteiger partial charge in [0, 0.05) is 19.3 Å². The van der Waals surface area contributed by atoms with Gasteiger partial charge in [0.2, 0.25) is 5.91 Å². The molecule has 1 spiro atoms. The van der Waals surface area contributed by atoms with Gasteiger partial charge in [0.25, 0.3) is 0 Å². The van der Waals surface area contributed by atoms with E-state index >= 15 is 0 Å². The summed E-state index contributed by atoms with van der Waals surface area (Å²) in [5.41, 5.74) is 1.68. The van der Waals surface area contributed by atoms with Crippen molar-refractivity contribution in [2.45, 2.75) is 23.2 Å². The summed E-state index contributed by atoms with van der Waals surface area (Å²) in [6, 6.07) is 16.6. The molecule has 0 atom stereocenters. The number of likely N-dealkylation sites (tertiary alicyclic amines) is 1. The van der Waals surface area contributed by atoms with Crippen molar-refractivity contribution in [2.24, 2.45) is 0 Å². The summed E-state index contributed by atoms with van der Waals surface area (Å²) < 4.78 is 25.0. The van der Waals surface area contributed by atoms with Gasteiger partial charge in [-0.25, -0.2) is 8.42 Å². The van der Waals surface area contributed by atoms with Crippen LogP contribution in [0.25, 0.3) is 0 Å². The number of sulfone groups is 1. The molecule has 0 bridgehead atoms. The van der Waals surface area contributed by atoms with Gasteiger partial charge in [-0.15, -0.1) is 0 Å². The van der Waals surface area contributed by atoms with Crippen molar-refractivity contribution in [1.29, 1.82) is 0 Å². The number of hydrogen-bond acceptors (Lipinski definition) is 4. The molecule has 0 N–H and O–H groups in total. The third kappa shape index (κ3) is 3.07. The molecule has 2 aromatic rings. The summed E-state index contributed by atoms with van der Waals surface area (Å²) in [5.74, 6) is 0.273. The number of benzene rings is 2. The molecule has 0 saturated carbocycles. The predicted octanol–water partition coefficient (Wildman–Crippen LogP) is 2.47. The van der Waals surface area contributed by atoms with Crippen molar-refractivity contribution in [3.05, 3.63) is 60.2 Å². The fraction of sp³-hybridized carbons (Fsp3) is 0.381. The van der Waals surface area contributed by atoms with Crippen molar-refractivity contribution >= 4 is 21.4 Å². The van der Waals surface area contributed by atoms with E-state index < -0.39 is 15.3 Å². The van der Waals surface area contributed by atoms with E-state index in [9.17, 15) is 13.2 Å². The second kappa shape index (κ2) is 6.77. The topological polar surface area (TPSA) is 57.7 Å². The Morgan fingerprint density at radius 3 is 2.30 bits per heavy atom. The van der Waals surface area contributed by atoms with Crippen LogP contribution >= 0.6 is 0 Å². The van der Waals surface area contributed by atoms with Crippen molar-refractivity contribution in [1.82, 2.24) is 4.90 Å². The second-order valence-electron chi connectivity index (χ2n) is 7.44. The lowest BCUT2D eigenvalue weighted by Crippen LogP contribution is -2.48. The number of anilines is 1. The first kappa shape index (κ1) is 18.2. The highest BCUT2D eigenvalue weighted by molar-refractivity contribution is 7.91. The van der Waals surface area contributed by atoms with Crippen LogP contribution < -0.4 is 4.90 Å². The molecule has 6 heteroatoms. The van der Waals surface area contributed by atoms with Gasteiger partial charge in [0.1, 0.15) is 0 Å². The molecule has 0 radical (unpaired) electrons. The number of amides is 1. The molecule has 27 heavy (non-hydrogen) atoms. The minimum Gasteiger partial charge on any atom is -0.314 e. The Balaban J connectivity index is 1.44. The zero-order valence-electron chi connectivity index (χ0n) is 15.5. The summed E-state index contributed by atoms with van der Waals surface area (Å²) >= 11 is 0. The zero-order valence-corrected chi connectivity index (χ0v) is 16.3. The van der Waals surface area contributed by atoms with Gasteiger partial charge in [0.05, 0.1) is 16.1 Å². The molecular weight excluding hydrogens is 360 g/mol. The fourth-order valence-corrected chi connectivity index (χ4v) is 5.66. The van der Waals surface area contributed by atoms with E-state index in [4.69, 9.17) is 0 Å². The standard InChI is InChI=1S/C21H24N2O3S/c1-22-19-10-6-5-9-18(19)21(20(22)24)11-13-23(14-12-21)15-16-27(25,26)17-7-3-2-4-8-17/h2-10H,11-16H2,1H3. The molecule has 1 saturated heterocycles. The SMILES string of the molecule is CN1C(=O)C2(CCN(CCS(=O)(=O)c3ccccc3)CC2)c2ccccc21. The van der Waals surface area contributed by atoms with Gasteiger partial charge in [-0.05, 0) is 49.7 Å².